The van der Waals surface area contributed by atoms with E-state index in [9.17, 15) is 9.79 Å². The highest BCUT2D eigenvalue weighted by molar-refractivity contribution is 7.75. The van der Waals surface area contributed by atoms with Crippen molar-refractivity contribution >= 4 is 41.8 Å². The third-order valence-electron chi connectivity index (χ3n) is 6.80. The summed E-state index contributed by atoms with van der Waals surface area (Å²) in [5.41, 5.74) is 9.91. The van der Waals surface area contributed by atoms with Gasteiger partial charge >= 0.3 is 7.72 Å². The van der Waals surface area contributed by atoms with Crippen LogP contribution in [-0.4, -0.2) is 31.1 Å². The highest BCUT2D eigenvalue weighted by Gasteiger charge is 2.37. The lowest BCUT2D eigenvalue weighted by molar-refractivity contribution is 0.171. The van der Waals surface area contributed by atoms with Crippen LogP contribution in [0, 0.1) is 0 Å². The molecule has 0 unspecified atom stereocenters. The van der Waals surface area contributed by atoms with Crippen molar-refractivity contribution in [2.24, 2.45) is 4.99 Å². The Kier molecular flexibility index (Phi) is 6.60. The van der Waals surface area contributed by atoms with Gasteiger partial charge in [-0.05, 0) is 68.7 Å². The average molecular weight is 524 g/mol. The predicted molar refractivity (Wildman–Crippen MR) is 146 cm³/mol. The first-order valence-electron chi connectivity index (χ1n) is 11.9. The zero-order chi connectivity index (χ0) is 25.5. The Morgan fingerprint density at radius 3 is 2.50 bits per heavy atom. The van der Waals surface area contributed by atoms with Crippen LogP contribution in [0.4, 0.5) is 11.5 Å². The van der Waals surface area contributed by atoms with E-state index in [1.54, 1.807) is 30.1 Å². The lowest BCUT2D eigenvalue weighted by atomic mass is 9.81. The van der Waals surface area contributed by atoms with Crippen LogP contribution in [0.3, 0.4) is 0 Å². The smallest absolute Gasteiger partial charge is 0.325 e. The Morgan fingerprint density at radius 2 is 1.81 bits per heavy atom. The van der Waals surface area contributed by atoms with Gasteiger partial charge in [0.25, 0.3) is 0 Å². The Bertz CT molecular complexity index is 1350. The number of nitrogens with zero attached hydrogens (tertiary/aromatic N) is 3. The second-order valence-corrected chi connectivity index (χ2v) is 12.3. The first-order valence-corrected chi connectivity index (χ1v) is 14.1. The number of nitrogen functional groups attached to an aromatic ring is 1. The summed E-state index contributed by atoms with van der Waals surface area (Å²) >= 11 is 6.04. The zero-order valence-corrected chi connectivity index (χ0v) is 21.9. The molecular weight excluding hydrogens is 495 g/mol. The molecule has 2 aromatic carbocycles. The number of hydrogen-bond acceptors (Lipinski definition) is 7. The summed E-state index contributed by atoms with van der Waals surface area (Å²) in [7, 11) is -3.33. The Labute approximate surface area is 216 Å². The van der Waals surface area contributed by atoms with Crippen LogP contribution < -0.4 is 15.8 Å². The molecule has 0 spiro atoms. The van der Waals surface area contributed by atoms with Crippen molar-refractivity contribution in [3.05, 3.63) is 82.4 Å². The highest BCUT2D eigenvalue weighted by atomic mass is 35.5. The first kappa shape index (κ1) is 24.8. The lowest BCUT2D eigenvalue weighted by Crippen LogP contribution is -2.41. The van der Waals surface area contributed by atoms with Gasteiger partial charge in [-0.2, -0.15) is 4.98 Å². The van der Waals surface area contributed by atoms with Crippen LogP contribution in [0.1, 0.15) is 56.6 Å². The van der Waals surface area contributed by atoms with E-state index in [2.05, 4.69) is 34.2 Å². The number of anilines is 1. The van der Waals surface area contributed by atoms with Crippen LogP contribution in [0.2, 0.25) is 5.02 Å². The number of fused-ring (bicyclic) bond motifs is 1. The van der Waals surface area contributed by atoms with Crippen LogP contribution in [-0.2, 0) is 0 Å². The summed E-state index contributed by atoms with van der Waals surface area (Å²) in [5.74, 6) is 2.78. The first-order chi connectivity index (χ1) is 17.1. The lowest BCUT2D eigenvalue weighted by Gasteiger charge is -2.32. The van der Waals surface area contributed by atoms with Gasteiger partial charge < -0.3 is 10.5 Å². The molecule has 1 aliphatic carbocycles. The van der Waals surface area contributed by atoms with Crippen LogP contribution >= 0.6 is 19.3 Å². The molecule has 3 aromatic rings. The summed E-state index contributed by atoms with van der Waals surface area (Å²) in [5, 5.41) is 0.981. The second kappa shape index (κ2) is 9.56. The molecule has 0 saturated heterocycles. The van der Waals surface area contributed by atoms with Crippen molar-refractivity contribution in [2.45, 2.75) is 51.0 Å². The molecule has 1 aromatic heterocycles. The molecule has 1 aliphatic heterocycles. The van der Waals surface area contributed by atoms with E-state index in [1.807, 2.05) is 13.8 Å². The van der Waals surface area contributed by atoms with Crippen LogP contribution in [0.25, 0.3) is 0 Å². The van der Waals surface area contributed by atoms with Gasteiger partial charge in [-0.3, -0.25) is 0 Å². The van der Waals surface area contributed by atoms with Gasteiger partial charge in [0.2, 0.25) is 5.88 Å². The maximum atomic E-state index is 10.7. The minimum absolute atomic E-state index is 0.295. The zero-order valence-electron chi connectivity index (χ0n) is 20.2. The van der Waals surface area contributed by atoms with Gasteiger partial charge in [0.1, 0.15) is 17.7 Å². The quantitative estimate of drug-likeness (QED) is 0.378. The number of aromatic nitrogens is 2. The highest BCUT2D eigenvalue weighted by Crippen LogP contribution is 2.53. The Balaban J connectivity index is 1.30. The maximum absolute atomic E-state index is 10.7. The van der Waals surface area contributed by atoms with Crippen molar-refractivity contribution in [1.82, 2.24) is 9.97 Å². The SMILES string of the molecule is CC1(C)Oc2ncnc(N)c2N=C1c1ccc(C2CCC(=C[P+](O)(O)c3cccc(Cl)c3)CC2)cc1. The van der Waals surface area contributed by atoms with Crippen molar-refractivity contribution in [2.75, 3.05) is 5.73 Å². The Hall–Kier alpha value is -2.83. The van der Waals surface area contributed by atoms with E-state index in [4.69, 9.17) is 27.1 Å². The van der Waals surface area contributed by atoms with Gasteiger partial charge in [-0.15, -0.1) is 0 Å². The molecule has 36 heavy (non-hydrogen) atoms. The largest absolute Gasteiger partial charge is 0.463 e. The van der Waals surface area contributed by atoms with Gasteiger partial charge in [-0.25, -0.2) is 19.8 Å². The standard InChI is InChI=1S/C27H29ClN4O3P/c1-27(2)24(32-23-25(29)30-16-31-26(23)35-27)20-12-10-19(11-13-20)18-8-6-17(7-9-18)15-36(33,34)22-5-3-4-21(28)14-22/h3-5,10-16,18,33-34H,6-9H2,1-2H3,(H2,29,30,31)/q+1. The molecule has 186 valence electrons. The van der Waals surface area contributed by atoms with E-state index in [-0.39, 0.29) is 0 Å². The van der Waals surface area contributed by atoms with Crippen molar-refractivity contribution in [1.29, 1.82) is 0 Å². The van der Waals surface area contributed by atoms with Gasteiger partial charge in [0, 0.05) is 16.7 Å². The number of ether oxygens (including phenoxy) is 1. The summed E-state index contributed by atoms with van der Waals surface area (Å²) in [4.78, 5) is 34.4. The molecule has 0 radical (unpaired) electrons. The molecular formula is C27H29ClN4O3P+. The van der Waals surface area contributed by atoms with Crippen LogP contribution in [0.5, 0.6) is 5.88 Å². The minimum Gasteiger partial charge on any atom is -0.463 e. The average Bonchev–Trinajstić information content (AvgIpc) is 2.84. The Morgan fingerprint density at radius 1 is 1.08 bits per heavy atom. The topological polar surface area (TPSA) is 114 Å². The molecule has 0 bridgehead atoms. The van der Waals surface area contributed by atoms with E-state index in [1.165, 1.54) is 11.9 Å². The van der Waals surface area contributed by atoms with E-state index in [0.29, 0.717) is 33.6 Å². The third-order valence-corrected chi connectivity index (χ3v) is 8.80. The molecule has 1 fully saturated rings. The molecule has 0 amide bonds. The second-order valence-electron chi connectivity index (χ2n) is 9.80. The predicted octanol–water partition coefficient (Wildman–Crippen LogP) is 5.70. The van der Waals surface area contributed by atoms with Crippen molar-refractivity contribution < 1.29 is 14.5 Å². The fraction of sp³-hybridized carbons (Fsp3) is 0.296. The number of rotatable bonds is 4. The normalized spacial score (nSPS) is 19.2. The molecule has 2 heterocycles. The number of aliphatic imine (C=N–C) groups is 1. The fourth-order valence-electron chi connectivity index (χ4n) is 4.88. The van der Waals surface area contributed by atoms with E-state index in [0.717, 1.165) is 42.5 Å². The number of allylic oxidation sites excluding steroid dienone is 1. The molecule has 7 nitrogen and oxygen atoms in total. The summed E-state index contributed by atoms with van der Waals surface area (Å²) in [6.45, 7) is 3.93. The van der Waals surface area contributed by atoms with Crippen molar-refractivity contribution in [3.63, 3.8) is 0 Å². The number of hydrogen-bond donors (Lipinski definition) is 3. The number of halogens is 1. The molecule has 4 N–H and O–H groups in total. The molecule has 9 heteroatoms. The third kappa shape index (κ3) is 5.02. The van der Waals surface area contributed by atoms with Gasteiger partial charge in [0.05, 0.1) is 5.71 Å². The summed E-state index contributed by atoms with van der Waals surface area (Å²) in [6.07, 6.45) is 4.96. The van der Waals surface area contributed by atoms with Crippen LogP contribution in [0.15, 0.2) is 71.2 Å². The van der Waals surface area contributed by atoms with E-state index >= 15 is 0 Å². The fourth-order valence-corrected chi connectivity index (χ4v) is 6.70. The number of nitrogens with two attached hydrogens (primary N) is 1. The maximum Gasteiger partial charge on any atom is 0.325 e. The summed E-state index contributed by atoms with van der Waals surface area (Å²) in [6, 6.07) is 15.3. The van der Waals surface area contributed by atoms with E-state index < -0.39 is 13.3 Å². The van der Waals surface area contributed by atoms with Gasteiger partial charge in [-0.1, -0.05) is 41.9 Å². The molecule has 5 rings (SSSR count). The van der Waals surface area contributed by atoms with Crippen molar-refractivity contribution in [3.8, 4) is 5.88 Å². The summed E-state index contributed by atoms with van der Waals surface area (Å²) < 4.78 is 6.09. The van der Waals surface area contributed by atoms with Gasteiger partial charge in [0.15, 0.2) is 16.8 Å². The molecule has 1 saturated carbocycles. The molecule has 2 aliphatic rings. The minimum atomic E-state index is -3.33. The molecule has 0 atom stereocenters. The number of benzene rings is 2. The monoisotopic (exact) mass is 523 g/mol.